The first-order chi connectivity index (χ1) is 12.1. The Morgan fingerprint density at radius 3 is 2.88 bits per heavy atom. The van der Waals surface area contributed by atoms with E-state index in [-0.39, 0.29) is 5.91 Å². The second-order valence-corrected chi connectivity index (χ2v) is 7.49. The third-order valence-electron chi connectivity index (χ3n) is 4.64. The Kier molecular flexibility index (Phi) is 6.09. The monoisotopic (exact) mass is 359 g/mol. The van der Waals surface area contributed by atoms with Gasteiger partial charge in [-0.05, 0) is 25.5 Å². The van der Waals surface area contributed by atoms with Crippen molar-refractivity contribution in [2.45, 2.75) is 30.6 Å². The molecule has 0 bridgehead atoms. The Labute approximate surface area is 153 Å². The molecule has 0 spiro atoms. The lowest BCUT2D eigenvalue weighted by atomic mass is 10.0. The molecule has 1 atom stereocenters. The van der Waals surface area contributed by atoms with Gasteiger partial charge < -0.3 is 9.47 Å². The molecule has 1 aliphatic rings. The van der Waals surface area contributed by atoms with Crippen LogP contribution >= 0.6 is 11.8 Å². The van der Waals surface area contributed by atoms with Crippen LogP contribution in [0.15, 0.2) is 41.8 Å². The fraction of sp³-hybridized carbons (Fsp3) is 0.500. The number of amides is 1. The maximum absolute atomic E-state index is 12.6. The summed E-state index contributed by atoms with van der Waals surface area (Å²) in [7, 11) is 4.04. The molecule has 134 valence electrons. The fourth-order valence-corrected chi connectivity index (χ4v) is 3.95. The summed E-state index contributed by atoms with van der Waals surface area (Å²) in [6.45, 7) is 2.58. The number of hydrogen-bond acceptors (Lipinski definition) is 5. The summed E-state index contributed by atoms with van der Waals surface area (Å²) in [5.41, 5.74) is 1.31. The van der Waals surface area contributed by atoms with E-state index in [1.54, 1.807) is 6.33 Å². The molecule has 3 rings (SSSR count). The van der Waals surface area contributed by atoms with E-state index in [4.69, 9.17) is 0 Å². The standard InChI is InChI=1S/C18H25N5OS/c1-21(11-15-7-4-3-5-8-15)16-9-6-10-23(12-16)17(24)13-25-18-20-19-14-22(18)2/h3-5,7-8,14,16H,6,9-13H2,1-2H3/t16-/m1/s1. The molecule has 1 aliphatic heterocycles. The molecule has 0 unspecified atom stereocenters. The molecular formula is C18H25N5OS. The van der Waals surface area contributed by atoms with E-state index in [1.807, 2.05) is 22.6 Å². The van der Waals surface area contributed by atoms with Crippen LogP contribution in [0.4, 0.5) is 0 Å². The van der Waals surface area contributed by atoms with Gasteiger partial charge in [0.1, 0.15) is 6.33 Å². The average Bonchev–Trinajstić information content (AvgIpc) is 3.05. The van der Waals surface area contributed by atoms with E-state index in [0.717, 1.165) is 37.6 Å². The number of hydrogen-bond donors (Lipinski definition) is 0. The number of thioether (sulfide) groups is 1. The summed E-state index contributed by atoms with van der Waals surface area (Å²) >= 11 is 1.45. The summed E-state index contributed by atoms with van der Waals surface area (Å²) < 4.78 is 1.84. The van der Waals surface area contributed by atoms with Crippen LogP contribution in [0.25, 0.3) is 0 Å². The lowest BCUT2D eigenvalue weighted by Crippen LogP contribution is -2.48. The minimum atomic E-state index is 0.186. The number of carbonyl (C=O) groups is 1. The highest BCUT2D eigenvalue weighted by Gasteiger charge is 2.26. The van der Waals surface area contributed by atoms with Crippen molar-refractivity contribution in [2.75, 3.05) is 25.9 Å². The van der Waals surface area contributed by atoms with Gasteiger partial charge in [-0.1, -0.05) is 42.1 Å². The van der Waals surface area contributed by atoms with Gasteiger partial charge in [-0.3, -0.25) is 9.69 Å². The van der Waals surface area contributed by atoms with Gasteiger partial charge in [-0.2, -0.15) is 0 Å². The zero-order valence-electron chi connectivity index (χ0n) is 14.8. The number of aromatic nitrogens is 3. The minimum absolute atomic E-state index is 0.186. The molecule has 0 radical (unpaired) electrons. The van der Waals surface area contributed by atoms with E-state index in [2.05, 4.69) is 46.4 Å². The van der Waals surface area contributed by atoms with Crippen LogP contribution in [0.1, 0.15) is 18.4 Å². The van der Waals surface area contributed by atoms with E-state index >= 15 is 0 Å². The lowest BCUT2D eigenvalue weighted by molar-refractivity contribution is -0.130. The molecule has 1 fully saturated rings. The minimum Gasteiger partial charge on any atom is -0.340 e. The normalized spacial score (nSPS) is 17.9. The Bertz CT molecular complexity index is 690. The molecule has 0 aliphatic carbocycles. The maximum Gasteiger partial charge on any atom is 0.233 e. The van der Waals surface area contributed by atoms with Crippen LogP contribution in [0.3, 0.4) is 0 Å². The van der Waals surface area contributed by atoms with Crippen LogP contribution in [0.5, 0.6) is 0 Å². The summed E-state index contributed by atoms with van der Waals surface area (Å²) in [6, 6.07) is 10.9. The molecule has 7 heteroatoms. The van der Waals surface area contributed by atoms with E-state index in [0.29, 0.717) is 11.8 Å². The molecule has 1 amide bonds. The SMILES string of the molecule is CN(Cc1ccccc1)[C@@H]1CCCN(C(=O)CSc2nncn2C)C1. The van der Waals surface area contributed by atoms with E-state index in [1.165, 1.54) is 17.3 Å². The van der Waals surface area contributed by atoms with Crippen molar-refractivity contribution in [3.05, 3.63) is 42.2 Å². The van der Waals surface area contributed by atoms with Crippen LogP contribution in [0, 0.1) is 0 Å². The molecule has 25 heavy (non-hydrogen) atoms. The van der Waals surface area contributed by atoms with Gasteiger partial charge in [-0.15, -0.1) is 10.2 Å². The maximum atomic E-state index is 12.6. The molecule has 2 heterocycles. The zero-order valence-corrected chi connectivity index (χ0v) is 15.7. The molecule has 2 aromatic rings. The van der Waals surface area contributed by atoms with Gasteiger partial charge in [0, 0.05) is 32.7 Å². The average molecular weight is 359 g/mol. The van der Waals surface area contributed by atoms with Gasteiger partial charge in [-0.25, -0.2) is 0 Å². The highest BCUT2D eigenvalue weighted by molar-refractivity contribution is 7.99. The van der Waals surface area contributed by atoms with Crippen molar-refractivity contribution in [2.24, 2.45) is 7.05 Å². The number of likely N-dealkylation sites (N-methyl/N-ethyl adjacent to an activating group) is 1. The van der Waals surface area contributed by atoms with Crippen LogP contribution in [-0.2, 0) is 18.4 Å². The van der Waals surface area contributed by atoms with Gasteiger partial charge in [0.15, 0.2) is 5.16 Å². The smallest absolute Gasteiger partial charge is 0.233 e. The third kappa shape index (κ3) is 4.83. The number of piperidine rings is 1. The van der Waals surface area contributed by atoms with Gasteiger partial charge in [0.25, 0.3) is 0 Å². The van der Waals surface area contributed by atoms with Crippen molar-refractivity contribution in [1.29, 1.82) is 0 Å². The first kappa shape index (κ1) is 17.9. The molecule has 0 N–H and O–H groups in total. The number of benzene rings is 1. The summed E-state index contributed by atoms with van der Waals surface area (Å²) in [4.78, 5) is 16.9. The Morgan fingerprint density at radius 2 is 2.16 bits per heavy atom. The van der Waals surface area contributed by atoms with Crippen LogP contribution < -0.4 is 0 Å². The first-order valence-corrected chi connectivity index (χ1v) is 9.61. The number of nitrogens with zero attached hydrogens (tertiary/aromatic N) is 5. The summed E-state index contributed by atoms with van der Waals surface area (Å²) in [5.74, 6) is 0.604. The number of aryl methyl sites for hydroxylation is 1. The highest BCUT2D eigenvalue weighted by atomic mass is 32.2. The van der Waals surface area contributed by atoms with Crippen LogP contribution in [-0.4, -0.2) is 62.4 Å². The number of rotatable bonds is 6. The van der Waals surface area contributed by atoms with Crippen molar-refractivity contribution in [3.63, 3.8) is 0 Å². The van der Waals surface area contributed by atoms with Crippen LogP contribution in [0.2, 0.25) is 0 Å². The number of likely N-dealkylation sites (tertiary alicyclic amines) is 1. The van der Waals surface area contributed by atoms with Crippen molar-refractivity contribution >= 4 is 17.7 Å². The summed E-state index contributed by atoms with van der Waals surface area (Å²) in [6.07, 6.45) is 3.86. The predicted molar refractivity (Wildman–Crippen MR) is 99.2 cm³/mol. The van der Waals surface area contributed by atoms with Gasteiger partial charge in [0.2, 0.25) is 5.91 Å². The van der Waals surface area contributed by atoms with Gasteiger partial charge >= 0.3 is 0 Å². The third-order valence-corrected chi connectivity index (χ3v) is 5.66. The quantitative estimate of drug-likeness (QED) is 0.739. The molecule has 6 nitrogen and oxygen atoms in total. The zero-order chi connectivity index (χ0) is 17.6. The summed E-state index contributed by atoms with van der Waals surface area (Å²) in [5, 5.41) is 8.65. The van der Waals surface area contributed by atoms with Crippen molar-refractivity contribution < 1.29 is 4.79 Å². The van der Waals surface area contributed by atoms with Crippen molar-refractivity contribution in [1.82, 2.24) is 24.6 Å². The topological polar surface area (TPSA) is 54.3 Å². The Hall–Kier alpha value is -1.86. The first-order valence-electron chi connectivity index (χ1n) is 8.62. The van der Waals surface area contributed by atoms with Gasteiger partial charge in [0.05, 0.1) is 5.75 Å². The molecule has 1 aromatic carbocycles. The van der Waals surface area contributed by atoms with Crippen molar-refractivity contribution in [3.8, 4) is 0 Å². The van der Waals surface area contributed by atoms with E-state index in [9.17, 15) is 4.79 Å². The molecule has 1 aromatic heterocycles. The molecule has 0 saturated carbocycles. The highest BCUT2D eigenvalue weighted by Crippen LogP contribution is 2.19. The van der Waals surface area contributed by atoms with E-state index < -0.39 is 0 Å². The second kappa shape index (κ2) is 8.49. The fourth-order valence-electron chi connectivity index (χ4n) is 3.16. The second-order valence-electron chi connectivity index (χ2n) is 6.55. The molecular weight excluding hydrogens is 334 g/mol. The predicted octanol–water partition coefficient (Wildman–Crippen LogP) is 2.03. The molecule has 1 saturated heterocycles. The Morgan fingerprint density at radius 1 is 1.36 bits per heavy atom. The number of carbonyl (C=O) groups excluding carboxylic acids is 1. The lowest BCUT2D eigenvalue weighted by Gasteiger charge is -2.37. The Balaban J connectivity index is 1.51. The largest absolute Gasteiger partial charge is 0.340 e.